The molecule has 0 saturated carbocycles. The topological polar surface area (TPSA) is 112 Å². The van der Waals surface area contributed by atoms with E-state index in [1.165, 1.54) is 26.2 Å². The maximum absolute atomic E-state index is 12.4. The predicted octanol–water partition coefficient (Wildman–Crippen LogP) is 1.38. The maximum atomic E-state index is 12.4. The average Bonchev–Trinajstić information content (AvgIpc) is 2.64. The molecule has 0 unspecified atom stereocenters. The first-order chi connectivity index (χ1) is 13.2. The highest BCUT2D eigenvalue weighted by Crippen LogP contribution is 2.18. The van der Waals surface area contributed by atoms with Crippen LogP contribution < -0.4 is 10.9 Å². The van der Waals surface area contributed by atoms with Gasteiger partial charge in [0, 0.05) is 32.4 Å². The largest absolute Gasteiger partial charge is 0.351 e. The Kier molecular flexibility index (Phi) is 7.78. The van der Waals surface area contributed by atoms with E-state index in [4.69, 9.17) is 0 Å². The number of amides is 1. The number of benzene rings is 1. The number of aromatic nitrogens is 2. The van der Waals surface area contributed by atoms with Crippen LogP contribution in [0.25, 0.3) is 0 Å². The number of sulfonamides is 1. The molecular formula is C18H24N4O4S2. The van der Waals surface area contributed by atoms with E-state index in [9.17, 15) is 18.0 Å². The summed E-state index contributed by atoms with van der Waals surface area (Å²) in [6, 6.07) is 7.99. The van der Waals surface area contributed by atoms with E-state index >= 15 is 0 Å². The number of aryl methyl sites for hydroxylation is 1. The van der Waals surface area contributed by atoms with Crippen molar-refractivity contribution in [2.45, 2.75) is 36.4 Å². The van der Waals surface area contributed by atoms with E-state index in [-0.39, 0.29) is 28.7 Å². The smallest absolute Gasteiger partial charge is 0.251 e. The molecule has 2 N–H and O–H groups in total. The fraction of sp³-hybridized carbons (Fsp3) is 0.389. The highest BCUT2D eigenvalue weighted by atomic mass is 32.2. The van der Waals surface area contributed by atoms with Gasteiger partial charge in [-0.2, -0.15) is 0 Å². The number of nitrogens with one attached hydrogen (secondary N) is 2. The summed E-state index contributed by atoms with van der Waals surface area (Å²) in [7, 11) is -0.678. The van der Waals surface area contributed by atoms with E-state index in [2.05, 4.69) is 15.3 Å². The Morgan fingerprint density at radius 3 is 2.68 bits per heavy atom. The summed E-state index contributed by atoms with van der Waals surface area (Å²) in [5, 5.41) is 3.10. The van der Waals surface area contributed by atoms with Gasteiger partial charge in [-0.05, 0) is 18.1 Å². The molecule has 0 fully saturated rings. The second kappa shape index (κ2) is 9.85. The number of nitrogens with zero attached hydrogens (tertiary/aromatic N) is 2. The van der Waals surface area contributed by atoms with Gasteiger partial charge in [0.2, 0.25) is 15.9 Å². The third-order valence-electron chi connectivity index (χ3n) is 3.83. The summed E-state index contributed by atoms with van der Waals surface area (Å²) in [4.78, 5) is 30.9. The molecule has 8 nitrogen and oxygen atoms in total. The summed E-state index contributed by atoms with van der Waals surface area (Å²) in [6.45, 7) is 2.08. The fourth-order valence-electron chi connectivity index (χ4n) is 2.41. The van der Waals surface area contributed by atoms with E-state index < -0.39 is 10.0 Å². The fourth-order valence-corrected chi connectivity index (χ4v) is 4.25. The molecule has 10 heteroatoms. The summed E-state index contributed by atoms with van der Waals surface area (Å²) in [5.41, 5.74) is 0.951. The molecule has 0 aliphatic rings. The molecule has 0 saturated heterocycles. The number of rotatable bonds is 9. The quantitative estimate of drug-likeness (QED) is 0.465. The molecule has 0 bridgehead atoms. The van der Waals surface area contributed by atoms with E-state index in [0.29, 0.717) is 22.8 Å². The SMILES string of the molecule is CCCc1cc(=O)[nH]c(SCC(=O)NCc2ccccc2S(=O)(=O)N(C)C)n1. The minimum Gasteiger partial charge on any atom is -0.351 e. The molecule has 28 heavy (non-hydrogen) atoms. The van der Waals surface area contributed by atoms with Crippen LogP contribution in [0, 0.1) is 0 Å². The summed E-state index contributed by atoms with van der Waals surface area (Å²) >= 11 is 1.13. The van der Waals surface area contributed by atoms with Crippen LogP contribution in [0.5, 0.6) is 0 Å². The number of aromatic amines is 1. The van der Waals surface area contributed by atoms with Crippen LogP contribution in [0.4, 0.5) is 0 Å². The molecule has 0 atom stereocenters. The van der Waals surface area contributed by atoms with Gasteiger partial charge in [0.15, 0.2) is 5.16 Å². The Balaban J connectivity index is 2.00. The van der Waals surface area contributed by atoms with Crippen LogP contribution in [-0.2, 0) is 27.8 Å². The third kappa shape index (κ3) is 5.91. The molecule has 1 heterocycles. The van der Waals surface area contributed by atoms with Crippen molar-refractivity contribution in [2.75, 3.05) is 19.8 Å². The lowest BCUT2D eigenvalue weighted by Gasteiger charge is -2.15. The van der Waals surface area contributed by atoms with Crippen LogP contribution in [0.15, 0.2) is 45.2 Å². The van der Waals surface area contributed by atoms with E-state index in [0.717, 1.165) is 22.5 Å². The summed E-state index contributed by atoms with van der Waals surface area (Å²) < 4.78 is 25.9. The van der Waals surface area contributed by atoms with Crippen molar-refractivity contribution in [3.05, 3.63) is 51.9 Å². The van der Waals surface area contributed by atoms with E-state index in [1.807, 2.05) is 6.92 Å². The zero-order chi connectivity index (χ0) is 20.7. The van der Waals surface area contributed by atoms with Gasteiger partial charge in [-0.15, -0.1) is 0 Å². The first-order valence-corrected chi connectivity index (χ1v) is 11.2. The molecule has 1 amide bonds. The number of carbonyl (C=O) groups is 1. The molecule has 0 spiro atoms. The van der Waals surface area contributed by atoms with Crippen LogP contribution in [-0.4, -0.2) is 48.4 Å². The van der Waals surface area contributed by atoms with Gasteiger partial charge in [-0.3, -0.25) is 9.59 Å². The molecule has 152 valence electrons. The molecule has 1 aromatic heterocycles. The maximum Gasteiger partial charge on any atom is 0.251 e. The van der Waals surface area contributed by atoms with Crippen molar-refractivity contribution in [3.63, 3.8) is 0 Å². The van der Waals surface area contributed by atoms with Crippen molar-refractivity contribution in [1.29, 1.82) is 0 Å². The number of carbonyl (C=O) groups excluding carboxylic acids is 1. The molecule has 0 radical (unpaired) electrons. The molecule has 0 aliphatic carbocycles. The Labute approximate surface area is 168 Å². The molecule has 1 aromatic carbocycles. The van der Waals surface area contributed by atoms with Crippen molar-refractivity contribution in [3.8, 4) is 0 Å². The van der Waals surface area contributed by atoms with Gasteiger partial charge in [-0.25, -0.2) is 17.7 Å². The predicted molar refractivity (Wildman–Crippen MR) is 109 cm³/mol. The van der Waals surface area contributed by atoms with Crippen molar-refractivity contribution >= 4 is 27.7 Å². The molecular weight excluding hydrogens is 400 g/mol. The molecule has 0 aliphatic heterocycles. The number of H-pyrrole nitrogens is 1. The summed E-state index contributed by atoms with van der Waals surface area (Å²) in [5.74, 6) is -0.230. The average molecular weight is 425 g/mol. The minimum atomic E-state index is -3.60. The Bertz CT molecular complexity index is 987. The van der Waals surface area contributed by atoms with Crippen LogP contribution in [0.1, 0.15) is 24.6 Å². The van der Waals surface area contributed by atoms with Crippen molar-refractivity contribution in [2.24, 2.45) is 0 Å². The van der Waals surface area contributed by atoms with Gasteiger partial charge >= 0.3 is 0 Å². The lowest BCUT2D eigenvalue weighted by atomic mass is 10.2. The first-order valence-electron chi connectivity index (χ1n) is 8.74. The lowest BCUT2D eigenvalue weighted by Crippen LogP contribution is -2.28. The van der Waals surface area contributed by atoms with Gasteiger partial charge < -0.3 is 10.3 Å². The van der Waals surface area contributed by atoms with Gasteiger partial charge in [-0.1, -0.05) is 43.3 Å². The van der Waals surface area contributed by atoms with Crippen LogP contribution in [0.3, 0.4) is 0 Å². The van der Waals surface area contributed by atoms with Crippen LogP contribution >= 0.6 is 11.8 Å². The van der Waals surface area contributed by atoms with Crippen molar-refractivity contribution < 1.29 is 13.2 Å². The Morgan fingerprint density at radius 2 is 2.00 bits per heavy atom. The lowest BCUT2D eigenvalue weighted by molar-refractivity contribution is -0.118. The Hall–Kier alpha value is -2.17. The standard InChI is InChI=1S/C18H24N4O4S2/c1-4-7-14-10-16(23)21-18(20-14)27-12-17(24)19-11-13-8-5-6-9-15(13)28(25,26)22(2)3/h5-6,8-10H,4,7,11-12H2,1-3H3,(H,19,24)(H,20,21,23). The number of thioether (sulfide) groups is 1. The van der Waals surface area contributed by atoms with E-state index in [1.54, 1.807) is 18.2 Å². The van der Waals surface area contributed by atoms with Gasteiger partial charge in [0.05, 0.1) is 10.6 Å². The molecule has 2 rings (SSSR count). The highest BCUT2D eigenvalue weighted by molar-refractivity contribution is 7.99. The van der Waals surface area contributed by atoms with Crippen LogP contribution in [0.2, 0.25) is 0 Å². The first kappa shape index (κ1) is 22.1. The zero-order valence-electron chi connectivity index (χ0n) is 16.1. The zero-order valence-corrected chi connectivity index (χ0v) is 17.7. The monoisotopic (exact) mass is 424 g/mol. The van der Waals surface area contributed by atoms with Crippen molar-refractivity contribution in [1.82, 2.24) is 19.6 Å². The third-order valence-corrected chi connectivity index (χ3v) is 6.62. The minimum absolute atomic E-state index is 0.0567. The molecule has 2 aromatic rings. The number of hydrogen-bond acceptors (Lipinski definition) is 6. The summed E-state index contributed by atoms with van der Waals surface area (Å²) in [6.07, 6.45) is 1.57. The Morgan fingerprint density at radius 1 is 1.29 bits per heavy atom. The van der Waals surface area contributed by atoms with Gasteiger partial charge in [0.25, 0.3) is 5.56 Å². The normalized spacial score (nSPS) is 11.6. The number of hydrogen-bond donors (Lipinski definition) is 2. The second-order valence-corrected chi connectivity index (χ2v) is 9.34. The van der Waals surface area contributed by atoms with Gasteiger partial charge in [0.1, 0.15) is 0 Å². The highest BCUT2D eigenvalue weighted by Gasteiger charge is 2.20. The second-order valence-electron chi connectivity index (χ2n) is 6.25.